The molecule has 0 aromatic heterocycles. The summed E-state index contributed by atoms with van der Waals surface area (Å²) in [5.74, 6) is 6.20. The third-order valence-electron chi connectivity index (χ3n) is 4.10. The van der Waals surface area contributed by atoms with Gasteiger partial charge in [-0.3, -0.25) is 4.90 Å². The smallest absolute Gasteiger partial charge is 0.148 e. The van der Waals surface area contributed by atoms with Crippen LogP contribution in [-0.2, 0) is 12.1 Å². The fourth-order valence-corrected chi connectivity index (χ4v) is 2.48. The standard InChI is InChI=1S/C22H27NO/c1-21(2,3)23(18-19-12-7-5-8-13-19)17-11-16-22(4,24)20-14-9-6-10-15-20/h5-10,12-15,24H,17-18H2,1-4H3. The second-order valence-electron chi connectivity index (χ2n) is 7.25. The zero-order valence-electron chi connectivity index (χ0n) is 15.1. The average Bonchev–Trinajstić information content (AvgIpc) is 2.55. The normalized spacial score (nSPS) is 13.9. The topological polar surface area (TPSA) is 23.5 Å². The van der Waals surface area contributed by atoms with E-state index in [1.165, 1.54) is 5.56 Å². The highest BCUT2D eigenvalue weighted by atomic mass is 16.3. The number of rotatable bonds is 4. The molecule has 0 spiro atoms. The first-order valence-electron chi connectivity index (χ1n) is 8.36. The SMILES string of the molecule is CC(O)(C#CCN(Cc1ccccc1)C(C)(C)C)c1ccccc1. The maximum Gasteiger partial charge on any atom is 0.148 e. The van der Waals surface area contributed by atoms with Gasteiger partial charge in [0, 0.05) is 12.1 Å². The molecule has 0 radical (unpaired) electrons. The maximum atomic E-state index is 10.6. The Kier molecular flexibility index (Phi) is 5.83. The summed E-state index contributed by atoms with van der Waals surface area (Å²) in [5, 5.41) is 10.6. The largest absolute Gasteiger partial charge is 0.374 e. The van der Waals surface area contributed by atoms with Crippen molar-refractivity contribution in [1.29, 1.82) is 0 Å². The molecule has 2 aromatic rings. The predicted octanol–water partition coefficient (Wildman–Crippen LogP) is 4.20. The summed E-state index contributed by atoms with van der Waals surface area (Å²) in [5.41, 5.74) is 0.965. The maximum absolute atomic E-state index is 10.6. The van der Waals surface area contributed by atoms with Gasteiger partial charge in [-0.2, -0.15) is 0 Å². The molecule has 1 unspecified atom stereocenters. The lowest BCUT2D eigenvalue weighted by atomic mass is 9.97. The highest BCUT2D eigenvalue weighted by molar-refractivity contribution is 5.30. The van der Waals surface area contributed by atoms with E-state index in [0.717, 1.165) is 12.1 Å². The summed E-state index contributed by atoms with van der Waals surface area (Å²) in [6.07, 6.45) is 0. The van der Waals surface area contributed by atoms with Crippen molar-refractivity contribution in [2.45, 2.75) is 45.4 Å². The van der Waals surface area contributed by atoms with E-state index < -0.39 is 5.60 Å². The number of nitrogens with zero attached hydrogens (tertiary/aromatic N) is 1. The molecule has 2 nitrogen and oxygen atoms in total. The van der Waals surface area contributed by atoms with Crippen LogP contribution in [-0.4, -0.2) is 22.1 Å². The minimum Gasteiger partial charge on any atom is -0.374 e. The van der Waals surface area contributed by atoms with Crippen molar-refractivity contribution in [3.05, 3.63) is 71.8 Å². The first kappa shape index (κ1) is 18.3. The number of hydrogen-bond donors (Lipinski definition) is 1. The summed E-state index contributed by atoms with van der Waals surface area (Å²) in [6.45, 7) is 9.76. The highest BCUT2D eigenvalue weighted by Crippen LogP contribution is 2.20. The Morgan fingerprint density at radius 2 is 1.42 bits per heavy atom. The molecule has 126 valence electrons. The summed E-state index contributed by atoms with van der Waals surface area (Å²) in [4.78, 5) is 2.32. The molecule has 0 aliphatic carbocycles. The fourth-order valence-electron chi connectivity index (χ4n) is 2.48. The van der Waals surface area contributed by atoms with E-state index in [1.807, 2.05) is 36.4 Å². The van der Waals surface area contributed by atoms with E-state index in [4.69, 9.17) is 0 Å². The van der Waals surface area contributed by atoms with Crippen LogP contribution in [0.25, 0.3) is 0 Å². The second kappa shape index (κ2) is 7.66. The number of benzene rings is 2. The van der Waals surface area contributed by atoms with Crippen LogP contribution in [0, 0.1) is 11.8 Å². The highest BCUT2D eigenvalue weighted by Gasteiger charge is 2.22. The van der Waals surface area contributed by atoms with Crippen molar-refractivity contribution in [2.75, 3.05) is 6.54 Å². The van der Waals surface area contributed by atoms with Gasteiger partial charge >= 0.3 is 0 Å². The van der Waals surface area contributed by atoms with Crippen molar-refractivity contribution in [2.24, 2.45) is 0 Å². The first-order chi connectivity index (χ1) is 11.3. The predicted molar refractivity (Wildman–Crippen MR) is 100 cm³/mol. The van der Waals surface area contributed by atoms with Gasteiger partial charge < -0.3 is 5.11 Å². The van der Waals surface area contributed by atoms with E-state index >= 15 is 0 Å². The van der Waals surface area contributed by atoms with E-state index in [9.17, 15) is 5.11 Å². The van der Waals surface area contributed by atoms with Crippen LogP contribution < -0.4 is 0 Å². The molecule has 2 aromatic carbocycles. The summed E-state index contributed by atoms with van der Waals surface area (Å²) < 4.78 is 0. The quantitative estimate of drug-likeness (QED) is 0.853. The molecular formula is C22H27NO. The molecule has 0 aliphatic rings. The molecule has 0 amide bonds. The second-order valence-corrected chi connectivity index (χ2v) is 7.25. The lowest BCUT2D eigenvalue weighted by Crippen LogP contribution is -2.41. The van der Waals surface area contributed by atoms with Gasteiger partial charge in [-0.05, 0) is 38.8 Å². The van der Waals surface area contributed by atoms with Crippen LogP contribution in [0.2, 0.25) is 0 Å². The molecule has 2 heteroatoms. The molecule has 0 saturated carbocycles. The summed E-state index contributed by atoms with van der Waals surface area (Å²) >= 11 is 0. The van der Waals surface area contributed by atoms with Gasteiger partial charge in [0.2, 0.25) is 0 Å². The first-order valence-corrected chi connectivity index (χ1v) is 8.36. The molecule has 1 atom stereocenters. The molecule has 24 heavy (non-hydrogen) atoms. The molecule has 2 rings (SSSR count). The van der Waals surface area contributed by atoms with E-state index in [2.05, 4.69) is 61.8 Å². The molecule has 1 N–H and O–H groups in total. The van der Waals surface area contributed by atoms with Crippen molar-refractivity contribution in [1.82, 2.24) is 4.90 Å². The third-order valence-corrected chi connectivity index (χ3v) is 4.10. The molecule has 0 fully saturated rings. The van der Waals surface area contributed by atoms with Gasteiger partial charge in [0.25, 0.3) is 0 Å². The lowest BCUT2D eigenvalue weighted by Gasteiger charge is -2.34. The minimum absolute atomic E-state index is 0.00310. The van der Waals surface area contributed by atoms with E-state index in [-0.39, 0.29) is 5.54 Å². The summed E-state index contributed by atoms with van der Waals surface area (Å²) in [7, 11) is 0. The van der Waals surface area contributed by atoms with Crippen LogP contribution in [0.15, 0.2) is 60.7 Å². The van der Waals surface area contributed by atoms with E-state index in [1.54, 1.807) is 6.92 Å². The van der Waals surface area contributed by atoms with Gasteiger partial charge in [-0.15, -0.1) is 0 Å². The fraction of sp³-hybridized carbons (Fsp3) is 0.364. The van der Waals surface area contributed by atoms with Crippen molar-refractivity contribution in [3.8, 4) is 11.8 Å². The minimum atomic E-state index is -1.13. The van der Waals surface area contributed by atoms with Crippen LogP contribution >= 0.6 is 0 Å². The molecule has 0 saturated heterocycles. The Hall–Kier alpha value is -2.08. The van der Waals surface area contributed by atoms with Crippen LogP contribution in [0.3, 0.4) is 0 Å². The Morgan fingerprint density at radius 3 is 1.96 bits per heavy atom. The average molecular weight is 321 g/mol. The molecule has 0 heterocycles. The van der Waals surface area contributed by atoms with E-state index in [0.29, 0.717) is 6.54 Å². The van der Waals surface area contributed by atoms with Gasteiger partial charge in [0.05, 0.1) is 6.54 Å². The zero-order valence-corrected chi connectivity index (χ0v) is 15.1. The molecule has 0 bridgehead atoms. The van der Waals surface area contributed by atoms with Crippen molar-refractivity contribution >= 4 is 0 Å². The van der Waals surface area contributed by atoms with Gasteiger partial charge in [0.1, 0.15) is 5.60 Å². The van der Waals surface area contributed by atoms with Crippen LogP contribution in [0.4, 0.5) is 0 Å². The van der Waals surface area contributed by atoms with Gasteiger partial charge in [-0.25, -0.2) is 0 Å². The van der Waals surface area contributed by atoms with Crippen LogP contribution in [0.5, 0.6) is 0 Å². The Morgan fingerprint density at radius 1 is 0.875 bits per heavy atom. The lowest BCUT2D eigenvalue weighted by molar-refractivity contribution is 0.120. The number of aliphatic hydroxyl groups is 1. The monoisotopic (exact) mass is 321 g/mol. The zero-order chi connectivity index (χ0) is 17.6. The van der Waals surface area contributed by atoms with Crippen molar-refractivity contribution < 1.29 is 5.11 Å². The third kappa shape index (κ3) is 5.23. The molecular weight excluding hydrogens is 294 g/mol. The Balaban J connectivity index is 2.11. The number of hydrogen-bond acceptors (Lipinski definition) is 2. The van der Waals surface area contributed by atoms with Crippen LogP contribution in [0.1, 0.15) is 38.8 Å². The van der Waals surface area contributed by atoms with Crippen molar-refractivity contribution in [3.63, 3.8) is 0 Å². The van der Waals surface area contributed by atoms with Gasteiger partial charge in [-0.1, -0.05) is 72.5 Å². The Bertz CT molecular complexity index is 687. The molecule has 0 aliphatic heterocycles. The van der Waals surface area contributed by atoms with Gasteiger partial charge in [0.15, 0.2) is 0 Å². The Labute approximate surface area is 146 Å². The summed E-state index contributed by atoms with van der Waals surface area (Å²) in [6, 6.07) is 20.0.